The molecule has 0 radical (unpaired) electrons. The van der Waals surface area contributed by atoms with Gasteiger partial charge in [-0.15, -0.1) is 0 Å². The third kappa shape index (κ3) is 3.53. The highest BCUT2D eigenvalue weighted by atomic mass is 16.2. The molecular weight excluding hydrogens is 192 g/mol. The number of carbonyl (C=O) groups excluding carboxylic acids is 2. The zero-order chi connectivity index (χ0) is 11.4. The van der Waals surface area contributed by atoms with Crippen molar-refractivity contribution in [2.45, 2.75) is 39.7 Å². The van der Waals surface area contributed by atoms with Crippen LogP contribution in [0.1, 0.15) is 33.6 Å². The quantitative estimate of drug-likeness (QED) is 0.735. The van der Waals surface area contributed by atoms with Crippen molar-refractivity contribution in [1.82, 2.24) is 10.2 Å². The lowest BCUT2D eigenvalue weighted by Gasteiger charge is -2.36. The highest BCUT2D eigenvalue weighted by Gasteiger charge is 2.27. The number of nitrogens with zero attached hydrogens (tertiary/aromatic N) is 1. The fraction of sp³-hybridized carbons (Fsp3) is 0.818. The maximum atomic E-state index is 11.6. The van der Waals surface area contributed by atoms with E-state index in [1.807, 2.05) is 11.8 Å². The summed E-state index contributed by atoms with van der Waals surface area (Å²) in [5.41, 5.74) is 0. The average molecular weight is 212 g/mol. The van der Waals surface area contributed by atoms with Crippen molar-refractivity contribution in [3.63, 3.8) is 0 Å². The van der Waals surface area contributed by atoms with Crippen LogP contribution in [-0.4, -0.2) is 35.8 Å². The molecule has 1 fully saturated rings. The maximum absolute atomic E-state index is 11.6. The lowest BCUT2D eigenvalue weighted by atomic mass is 9.95. The second kappa shape index (κ2) is 5.14. The van der Waals surface area contributed by atoms with E-state index in [2.05, 4.69) is 12.2 Å². The molecule has 1 aliphatic heterocycles. The summed E-state index contributed by atoms with van der Waals surface area (Å²) in [6.07, 6.45) is 1.51. The normalized spacial score (nSPS) is 26.2. The van der Waals surface area contributed by atoms with Gasteiger partial charge >= 0.3 is 0 Å². The number of amides is 2. The molecule has 4 heteroatoms. The van der Waals surface area contributed by atoms with Crippen LogP contribution in [-0.2, 0) is 9.59 Å². The summed E-state index contributed by atoms with van der Waals surface area (Å²) in [5, 5.41) is 2.89. The molecule has 1 N–H and O–H groups in total. The topological polar surface area (TPSA) is 49.4 Å². The maximum Gasteiger partial charge on any atom is 0.222 e. The van der Waals surface area contributed by atoms with Crippen LogP contribution in [0.15, 0.2) is 0 Å². The number of carbonyl (C=O) groups is 2. The second-order valence-electron chi connectivity index (χ2n) is 4.39. The fourth-order valence-corrected chi connectivity index (χ4v) is 2.17. The molecule has 15 heavy (non-hydrogen) atoms. The highest BCUT2D eigenvalue weighted by molar-refractivity contribution is 5.76. The number of piperidine rings is 1. The molecule has 1 heterocycles. The molecule has 0 spiro atoms. The highest BCUT2D eigenvalue weighted by Crippen LogP contribution is 2.16. The first-order valence-electron chi connectivity index (χ1n) is 5.57. The van der Waals surface area contributed by atoms with Crippen molar-refractivity contribution in [1.29, 1.82) is 0 Å². The molecular formula is C11H20N2O2. The second-order valence-corrected chi connectivity index (χ2v) is 4.39. The molecule has 0 bridgehead atoms. The predicted molar refractivity (Wildman–Crippen MR) is 58.3 cm³/mol. The fourth-order valence-electron chi connectivity index (χ4n) is 2.17. The Labute approximate surface area is 91.0 Å². The molecule has 4 nitrogen and oxygen atoms in total. The molecule has 0 aromatic rings. The van der Waals surface area contributed by atoms with Gasteiger partial charge in [-0.25, -0.2) is 0 Å². The first kappa shape index (κ1) is 12.0. The summed E-state index contributed by atoms with van der Waals surface area (Å²) in [4.78, 5) is 24.4. The minimum atomic E-state index is -0.0157. The average Bonchev–Trinajstić information content (AvgIpc) is 2.14. The Hall–Kier alpha value is -1.06. The van der Waals surface area contributed by atoms with Crippen molar-refractivity contribution >= 4 is 11.8 Å². The van der Waals surface area contributed by atoms with Crippen LogP contribution in [0, 0.1) is 5.92 Å². The van der Waals surface area contributed by atoms with Gasteiger partial charge in [-0.2, -0.15) is 0 Å². The number of nitrogens with one attached hydrogen (secondary N) is 1. The Kier molecular flexibility index (Phi) is 4.12. The van der Waals surface area contributed by atoms with Gasteiger partial charge in [0, 0.05) is 32.5 Å². The Bertz CT molecular complexity index is 253. The summed E-state index contributed by atoms with van der Waals surface area (Å²) in [5.74, 6) is 0.626. The largest absolute Gasteiger partial charge is 0.352 e. The molecule has 0 aromatic heterocycles. The molecule has 2 atom stereocenters. The van der Waals surface area contributed by atoms with Crippen LogP contribution in [0.3, 0.4) is 0 Å². The Morgan fingerprint density at radius 3 is 2.60 bits per heavy atom. The van der Waals surface area contributed by atoms with Gasteiger partial charge in [-0.1, -0.05) is 13.8 Å². The van der Waals surface area contributed by atoms with Crippen LogP contribution in [0.25, 0.3) is 0 Å². The van der Waals surface area contributed by atoms with Crippen LogP contribution in [0.4, 0.5) is 0 Å². The third-order valence-electron chi connectivity index (χ3n) is 2.72. The van der Waals surface area contributed by atoms with Crippen LogP contribution >= 0.6 is 0 Å². The Balaban J connectivity index is 2.55. The zero-order valence-electron chi connectivity index (χ0n) is 9.75. The third-order valence-corrected chi connectivity index (χ3v) is 2.72. The first-order chi connectivity index (χ1) is 7.02. The van der Waals surface area contributed by atoms with Crippen molar-refractivity contribution < 1.29 is 9.59 Å². The minimum absolute atomic E-state index is 0.0157. The lowest BCUT2D eigenvalue weighted by Crippen LogP contribution is -2.51. The van der Waals surface area contributed by atoms with E-state index in [4.69, 9.17) is 0 Å². The molecule has 2 amide bonds. The van der Waals surface area contributed by atoms with E-state index < -0.39 is 0 Å². The molecule has 86 valence electrons. The van der Waals surface area contributed by atoms with E-state index in [1.165, 1.54) is 6.92 Å². The van der Waals surface area contributed by atoms with Gasteiger partial charge in [0.05, 0.1) is 0 Å². The molecule has 0 saturated carbocycles. The molecule has 0 aliphatic carbocycles. The SMILES string of the molecule is CCC(=O)N1CC(C)CC(NC(C)=O)C1. The minimum Gasteiger partial charge on any atom is -0.352 e. The van der Waals surface area contributed by atoms with Gasteiger partial charge in [-0.05, 0) is 12.3 Å². The van der Waals surface area contributed by atoms with Crippen molar-refractivity contribution in [3.05, 3.63) is 0 Å². The first-order valence-corrected chi connectivity index (χ1v) is 5.57. The summed E-state index contributed by atoms with van der Waals surface area (Å²) >= 11 is 0. The van der Waals surface area contributed by atoms with E-state index in [0.29, 0.717) is 18.9 Å². The number of likely N-dealkylation sites (tertiary alicyclic amines) is 1. The van der Waals surface area contributed by atoms with Crippen LogP contribution < -0.4 is 5.32 Å². The van der Waals surface area contributed by atoms with Crippen molar-refractivity contribution in [2.75, 3.05) is 13.1 Å². The zero-order valence-corrected chi connectivity index (χ0v) is 9.75. The standard InChI is InChI=1S/C11H20N2O2/c1-4-11(15)13-6-8(2)5-10(7-13)12-9(3)14/h8,10H,4-7H2,1-3H3,(H,12,14). The molecule has 1 saturated heterocycles. The van der Waals surface area contributed by atoms with Crippen LogP contribution in [0.5, 0.6) is 0 Å². The Morgan fingerprint density at radius 2 is 2.07 bits per heavy atom. The number of hydrogen-bond donors (Lipinski definition) is 1. The summed E-state index contributed by atoms with van der Waals surface area (Å²) in [6.45, 7) is 6.99. The molecule has 0 aromatic carbocycles. The lowest BCUT2D eigenvalue weighted by molar-refractivity contribution is -0.134. The van der Waals surface area contributed by atoms with Gasteiger partial charge in [0.15, 0.2) is 0 Å². The van der Waals surface area contributed by atoms with Gasteiger partial charge in [0.25, 0.3) is 0 Å². The van der Waals surface area contributed by atoms with Crippen molar-refractivity contribution in [2.24, 2.45) is 5.92 Å². The summed E-state index contributed by atoms with van der Waals surface area (Å²) in [7, 11) is 0. The van der Waals surface area contributed by atoms with Crippen molar-refractivity contribution in [3.8, 4) is 0 Å². The predicted octanol–water partition coefficient (Wildman–Crippen LogP) is 0.770. The van der Waals surface area contributed by atoms with E-state index in [-0.39, 0.29) is 17.9 Å². The van der Waals surface area contributed by atoms with Gasteiger partial charge in [-0.3, -0.25) is 9.59 Å². The molecule has 1 rings (SSSR count). The Morgan fingerprint density at radius 1 is 1.40 bits per heavy atom. The number of hydrogen-bond acceptors (Lipinski definition) is 2. The van der Waals surface area contributed by atoms with Gasteiger partial charge < -0.3 is 10.2 Å². The van der Waals surface area contributed by atoms with E-state index in [1.54, 1.807) is 0 Å². The molecule has 2 unspecified atom stereocenters. The van der Waals surface area contributed by atoms with E-state index in [0.717, 1.165) is 13.0 Å². The monoisotopic (exact) mass is 212 g/mol. The summed E-state index contributed by atoms with van der Waals surface area (Å²) < 4.78 is 0. The summed E-state index contributed by atoms with van der Waals surface area (Å²) in [6, 6.07) is 0.127. The smallest absolute Gasteiger partial charge is 0.222 e. The van der Waals surface area contributed by atoms with E-state index >= 15 is 0 Å². The number of rotatable bonds is 2. The van der Waals surface area contributed by atoms with Gasteiger partial charge in [0.2, 0.25) is 11.8 Å². The molecule has 1 aliphatic rings. The van der Waals surface area contributed by atoms with Gasteiger partial charge in [0.1, 0.15) is 0 Å². The van der Waals surface area contributed by atoms with E-state index in [9.17, 15) is 9.59 Å². The van der Waals surface area contributed by atoms with Crippen LogP contribution in [0.2, 0.25) is 0 Å².